The van der Waals surface area contributed by atoms with E-state index in [2.05, 4.69) is 4.90 Å². The van der Waals surface area contributed by atoms with Gasteiger partial charge in [-0.15, -0.1) is 0 Å². The Kier molecular flexibility index (Phi) is 4.97. The highest BCUT2D eigenvalue weighted by Crippen LogP contribution is 2.29. The van der Waals surface area contributed by atoms with Crippen molar-refractivity contribution in [1.82, 2.24) is 14.9 Å². The summed E-state index contributed by atoms with van der Waals surface area (Å²) in [4.78, 5) is 28.8. The van der Waals surface area contributed by atoms with Crippen molar-refractivity contribution in [3.63, 3.8) is 0 Å². The van der Waals surface area contributed by atoms with Crippen molar-refractivity contribution in [3.05, 3.63) is 47.2 Å². The third kappa shape index (κ3) is 3.75. The molecule has 0 unspecified atom stereocenters. The van der Waals surface area contributed by atoms with Gasteiger partial charge in [-0.05, 0) is 18.4 Å². The fourth-order valence-corrected chi connectivity index (χ4v) is 3.91. The number of hydrogen-bond donors (Lipinski definition) is 0. The smallest absolute Gasteiger partial charge is 0.227 e. The summed E-state index contributed by atoms with van der Waals surface area (Å²) in [5, 5.41) is 0. The minimum Gasteiger partial charge on any atom is -0.362 e. The molecule has 6 nitrogen and oxygen atoms in total. The molecule has 0 atom stereocenters. The lowest BCUT2D eigenvalue weighted by molar-refractivity contribution is -0.131. The molecule has 2 aliphatic heterocycles. The van der Waals surface area contributed by atoms with E-state index in [4.69, 9.17) is 9.97 Å². The first kappa shape index (κ1) is 17.8. The summed E-state index contributed by atoms with van der Waals surface area (Å²) in [6.07, 6.45) is 3.65. The fourth-order valence-electron chi connectivity index (χ4n) is 3.91. The minimum absolute atomic E-state index is 0.167. The molecule has 1 saturated heterocycles. The first-order chi connectivity index (χ1) is 13.1. The Morgan fingerprint density at radius 2 is 1.81 bits per heavy atom. The van der Waals surface area contributed by atoms with Crippen LogP contribution in [0.2, 0.25) is 0 Å². The lowest BCUT2D eigenvalue weighted by Crippen LogP contribution is -2.38. The number of carbonyl (C=O) groups excluding carboxylic acids is 1. The molecule has 3 heterocycles. The Balaban J connectivity index is 1.57. The Labute approximate surface area is 160 Å². The minimum atomic E-state index is 0.167. The van der Waals surface area contributed by atoms with Crippen molar-refractivity contribution in [2.75, 3.05) is 43.5 Å². The summed E-state index contributed by atoms with van der Waals surface area (Å²) in [6, 6.07) is 9.95. The maximum atomic E-state index is 12.8. The van der Waals surface area contributed by atoms with Crippen molar-refractivity contribution in [1.29, 1.82) is 0 Å². The van der Waals surface area contributed by atoms with Gasteiger partial charge in [0, 0.05) is 45.7 Å². The van der Waals surface area contributed by atoms with E-state index >= 15 is 0 Å². The fraction of sp³-hybridized carbons (Fsp3) is 0.476. The lowest BCUT2D eigenvalue weighted by Gasteiger charge is -2.32. The van der Waals surface area contributed by atoms with Crippen LogP contribution in [-0.4, -0.2) is 54.5 Å². The van der Waals surface area contributed by atoms with Gasteiger partial charge in [-0.1, -0.05) is 30.3 Å². The zero-order valence-corrected chi connectivity index (χ0v) is 16.2. The van der Waals surface area contributed by atoms with Gasteiger partial charge in [0.15, 0.2) is 0 Å². The molecule has 27 heavy (non-hydrogen) atoms. The van der Waals surface area contributed by atoms with Crippen LogP contribution in [0.15, 0.2) is 30.3 Å². The van der Waals surface area contributed by atoms with Crippen molar-refractivity contribution in [3.8, 4) is 0 Å². The normalized spacial score (nSPS) is 16.4. The molecule has 0 saturated carbocycles. The monoisotopic (exact) mass is 365 g/mol. The van der Waals surface area contributed by atoms with E-state index in [0.29, 0.717) is 13.0 Å². The zero-order chi connectivity index (χ0) is 18.8. The third-order valence-corrected chi connectivity index (χ3v) is 5.39. The quantitative estimate of drug-likeness (QED) is 0.832. The predicted molar refractivity (Wildman–Crippen MR) is 107 cm³/mol. The van der Waals surface area contributed by atoms with Gasteiger partial charge >= 0.3 is 0 Å². The topological polar surface area (TPSA) is 52.6 Å². The number of carbonyl (C=O) groups is 1. The van der Waals surface area contributed by atoms with E-state index in [1.54, 1.807) is 0 Å². The molecule has 0 radical (unpaired) electrons. The van der Waals surface area contributed by atoms with Crippen LogP contribution in [0.5, 0.6) is 0 Å². The van der Waals surface area contributed by atoms with Crippen LogP contribution in [0.4, 0.5) is 11.8 Å². The van der Waals surface area contributed by atoms with Crippen LogP contribution in [0.25, 0.3) is 0 Å². The maximum absolute atomic E-state index is 12.8. The molecule has 0 N–H and O–H groups in total. The van der Waals surface area contributed by atoms with Crippen molar-refractivity contribution in [2.24, 2.45) is 0 Å². The summed E-state index contributed by atoms with van der Waals surface area (Å²) >= 11 is 0. The molecule has 0 spiro atoms. The number of fused-ring (bicyclic) bond motifs is 1. The number of hydrogen-bond acceptors (Lipinski definition) is 5. The van der Waals surface area contributed by atoms with Crippen molar-refractivity contribution >= 4 is 17.7 Å². The van der Waals surface area contributed by atoms with Crippen LogP contribution in [0.1, 0.15) is 29.7 Å². The van der Waals surface area contributed by atoms with Gasteiger partial charge in [-0.2, -0.15) is 4.98 Å². The molecule has 1 amide bonds. The van der Waals surface area contributed by atoms with E-state index in [9.17, 15) is 4.79 Å². The molecule has 4 rings (SSSR count). The summed E-state index contributed by atoms with van der Waals surface area (Å²) < 4.78 is 0. The van der Waals surface area contributed by atoms with Gasteiger partial charge < -0.3 is 14.7 Å². The van der Waals surface area contributed by atoms with Crippen LogP contribution >= 0.6 is 0 Å². The molecule has 1 aromatic carbocycles. The number of aromatic nitrogens is 2. The second-order valence-corrected chi connectivity index (χ2v) is 7.59. The Morgan fingerprint density at radius 3 is 2.52 bits per heavy atom. The molecule has 1 aromatic heterocycles. The average Bonchev–Trinajstić information content (AvgIpc) is 3.22. The maximum Gasteiger partial charge on any atom is 0.227 e. The van der Waals surface area contributed by atoms with Crippen LogP contribution in [0, 0.1) is 0 Å². The van der Waals surface area contributed by atoms with Gasteiger partial charge in [0.25, 0.3) is 0 Å². The SMILES string of the molecule is CN(C)c1nc(N2CCCC2)nc2c1CN(C(=O)Cc1ccccc1)CC2. The lowest BCUT2D eigenvalue weighted by atomic mass is 10.0. The van der Waals surface area contributed by atoms with Gasteiger partial charge in [0.05, 0.1) is 18.7 Å². The Hall–Kier alpha value is -2.63. The predicted octanol–water partition coefficient (Wildman–Crippen LogP) is 2.27. The first-order valence-electron chi connectivity index (χ1n) is 9.75. The highest BCUT2D eigenvalue weighted by atomic mass is 16.2. The summed E-state index contributed by atoms with van der Waals surface area (Å²) in [5.41, 5.74) is 3.25. The van der Waals surface area contributed by atoms with Gasteiger partial charge in [0.2, 0.25) is 11.9 Å². The van der Waals surface area contributed by atoms with Crippen molar-refractivity contribution < 1.29 is 4.79 Å². The number of nitrogens with zero attached hydrogens (tertiary/aromatic N) is 5. The number of rotatable bonds is 4. The summed E-state index contributed by atoms with van der Waals surface area (Å²) in [5.74, 6) is 1.96. The first-order valence-corrected chi connectivity index (χ1v) is 9.75. The molecule has 2 aromatic rings. The van der Waals surface area contributed by atoms with Gasteiger partial charge in [-0.25, -0.2) is 4.98 Å². The molecule has 142 valence electrons. The molecular formula is C21H27N5O. The van der Waals surface area contributed by atoms with E-state index in [1.807, 2.05) is 54.2 Å². The zero-order valence-electron chi connectivity index (χ0n) is 16.2. The Bertz CT molecular complexity index is 815. The van der Waals surface area contributed by atoms with E-state index in [-0.39, 0.29) is 5.91 Å². The standard InChI is InChI=1S/C21H27N5O/c1-24(2)20-17-15-26(19(27)14-16-8-4-3-5-9-16)13-10-18(17)22-21(23-20)25-11-6-7-12-25/h3-5,8-9H,6-7,10-15H2,1-2H3. The van der Waals surface area contributed by atoms with Gasteiger partial charge in [-0.3, -0.25) is 4.79 Å². The largest absolute Gasteiger partial charge is 0.362 e. The number of benzene rings is 1. The molecule has 0 bridgehead atoms. The average molecular weight is 365 g/mol. The second kappa shape index (κ2) is 7.55. The number of anilines is 2. The number of amides is 1. The van der Waals surface area contributed by atoms with E-state index < -0.39 is 0 Å². The van der Waals surface area contributed by atoms with Gasteiger partial charge in [0.1, 0.15) is 5.82 Å². The molecule has 1 fully saturated rings. The third-order valence-electron chi connectivity index (χ3n) is 5.39. The van der Waals surface area contributed by atoms with Crippen LogP contribution in [-0.2, 0) is 24.2 Å². The molecule has 2 aliphatic rings. The van der Waals surface area contributed by atoms with Crippen LogP contribution in [0.3, 0.4) is 0 Å². The second-order valence-electron chi connectivity index (χ2n) is 7.59. The summed E-state index contributed by atoms with van der Waals surface area (Å²) in [6.45, 7) is 3.39. The van der Waals surface area contributed by atoms with Crippen LogP contribution < -0.4 is 9.80 Å². The molecule has 6 heteroatoms. The van der Waals surface area contributed by atoms with E-state index in [0.717, 1.165) is 54.6 Å². The van der Waals surface area contributed by atoms with Crippen molar-refractivity contribution in [2.45, 2.75) is 32.2 Å². The van der Waals surface area contributed by atoms with E-state index in [1.165, 1.54) is 12.8 Å². The summed E-state index contributed by atoms with van der Waals surface area (Å²) in [7, 11) is 4.03. The molecular weight excluding hydrogens is 338 g/mol. The highest BCUT2D eigenvalue weighted by molar-refractivity contribution is 5.79. The molecule has 0 aliphatic carbocycles. The Morgan fingerprint density at radius 1 is 1.07 bits per heavy atom. The highest BCUT2D eigenvalue weighted by Gasteiger charge is 2.27.